The first kappa shape index (κ1) is 16.6. The van der Waals surface area contributed by atoms with E-state index in [1.165, 1.54) is 6.33 Å². The Hall–Kier alpha value is -1.28. The minimum absolute atomic E-state index is 0.225. The fourth-order valence-corrected chi connectivity index (χ4v) is 5.22. The Labute approximate surface area is 136 Å². The van der Waals surface area contributed by atoms with Gasteiger partial charge in [0.25, 0.3) is 0 Å². The van der Waals surface area contributed by atoms with Crippen LogP contribution >= 0.6 is 0 Å². The van der Waals surface area contributed by atoms with E-state index in [0.717, 1.165) is 25.9 Å². The Balaban J connectivity index is 1.61. The zero-order valence-corrected chi connectivity index (χ0v) is 14.2. The third-order valence-electron chi connectivity index (χ3n) is 4.77. The number of aromatic nitrogens is 2. The summed E-state index contributed by atoms with van der Waals surface area (Å²) in [7, 11) is -2.90. The van der Waals surface area contributed by atoms with E-state index in [9.17, 15) is 12.8 Å². The molecule has 0 amide bonds. The Morgan fingerprint density at radius 1 is 1.26 bits per heavy atom. The summed E-state index contributed by atoms with van der Waals surface area (Å²) in [5, 5.41) is -0.225. The Morgan fingerprint density at radius 2 is 2.00 bits per heavy atom. The zero-order chi connectivity index (χ0) is 16.4. The lowest BCUT2D eigenvalue weighted by Gasteiger charge is -2.36. The maximum atomic E-state index is 14.3. The summed E-state index contributed by atoms with van der Waals surface area (Å²) in [6.07, 6.45) is 3.50. The van der Waals surface area contributed by atoms with Crippen LogP contribution in [0.3, 0.4) is 0 Å². The van der Waals surface area contributed by atoms with Gasteiger partial charge in [-0.05, 0) is 19.3 Å². The van der Waals surface area contributed by atoms with Crippen LogP contribution in [0.2, 0.25) is 0 Å². The molecule has 3 rings (SSSR count). The molecule has 2 aliphatic rings. The highest BCUT2D eigenvalue weighted by Gasteiger charge is 2.33. The molecule has 2 aliphatic heterocycles. The summed E-state index contributed by atoms with van der Waals surface area (Å²) in [5.41, 5.74) is 0.439. The van der Waals surface area contributed by atoms with Crippen molar-refractivity contribution in [2.75, 3.05) is 43.4 Å². The third kappa shape index (κ3) is 3.47. The molecule has 0 N–H and O–H groups in total. The van der Waals surface area contributed by atoms with E-state index in [4.69, 9.17) is 0 Å². The molecular weight excluding hydrogens is 319 g/mol. The number of sulfone groups is 1. The van der Waals surface area contributed by atoms with E-state index >= 15 is 0 Å². The first-order valence-electron chi connectivity index (χ1n) is 8.19. The molecular formula is C15H23FN4O2S. The van der Waals surface area contributed by atoms with Crippen molar-refractivity contribution in [3.63, 3.8) is 0 Å². The molecule has 23 heavy (non-hydrogen) atoms. The first-order chi connectivity index (χ1) is 11.0. The van der Waals surface area contributed by atoms with Gasteiger partial charge in [0.15, 0.2) is 21.5 Å². The summed E-state index contributed by atoms with van der Waals surface area (Å²) in [6, 6.07) is 0. The predicted octanol–water partition coefficient (Wildman–Crippen LogP) is 0.877. The molecule has 6 nitrogen and oxygen atoms in total. The van der Waals surface area contributed by atoms with Crippen molar-refractivity contribution in [2.24, 2.45) is 0 Å². The molecule has 1 aromatic rings. The molecule has 8 heteroatoms. The van der Waals surface area contributed by atoms with Crippen LogP contribution in [-0.4, -0.2) is 67.0 Å². The maximum absolute atomic E-state index is 14.3. The lowest BCUT2D eigenvalue weighted by molar-refractivity contribution is 0.254. The van der Waals surface area contributed by atoms with Crippen LogP contribution in [0.4, 0.5) is 10.2 Å². The molecule has 1 aromatic heterocycles. The highest BCUT2D eigenvalue weighted by molar-refractivity contribution is 7.92. The molecule has 0 spiro atoms. The third-order valence-corrected chi connectivity index (χ3v) is 7.03. The van der Waals surface area contributed by atoms with E-state index < -0.39 is 9.84 Å². The number of aryl methyl sites for hydroxylation is 1. The first-order valence-corrected chi connectivity index (χ1v) is 9.91. The smallest absolute Gasteiger partial charge is 0.187 e. The average molecular weight is 342 g/mol. The van der Waals surface area contributed by atoms with Gasteiger partial charge in [0, 0.05) is 32.7 Å². The number of nitrogens with zero attached hydrogens (tertiary/aromatic N) is 4. The quantitative estimate of drug-likeness (QED) is 0.809. The minimum Gasteiger partial charge on any atom is -0.352 e. The SMILES string of the molecule is CCc1ncnc(N2CCN(CC3CCCS3(=O)=O)CC2)c1F. The van der Waals surface area contributed by atoms with Crippen LogP contribution in [0.15, 0.2) is 6.33 Å². The molecule has 2 fully saturated rings. The zero-order valence-electron chi connectivity index (χ0n) is 13.4. The fraction of sp³-hybridized carbons (Fsp3) is 0.733. The number of hydrogen-bond donors (Lipinski definition) is 0. The Kier molecular flexibility index (Phi) is 4.82. The summed E-state index contributed by atoms with van der Waals surface area (Å²) in [4.78, 5) is 12.1. The number of halogens is 1. The molecule has 0 radical (unpaired) electrons. The van der Waals surface area contributed by atoms with Crippen molar-refractivity contribution in [1.82, 2.24) is 14.9 Å². The molecule has 3 heterocycles. The second-order valence-electron chi connectivity index (χ2n) is 6.23. The number of rotatable bonds is 4. The topological polar surface area (TPSA) is 66.4 Å². The molecule has 0 aromatic carbocycles. The Morgan fingerprint density at radius 3 is 2.61 bits per heavy atom. The summed E-state index contributed by atoms with van der Waals surface area (Å²) in [5.74, 6) is 0.357. The van der Waals surface area contributed by atoms with Gasteiger partial charge in [-0.2, -0.15) is 0 Å². The van der Waals surface area contributed by atoms with E-state index in [-0.39, 0.29) is 11.1 Å². The van der Waals surface area contributed by atoms with Crippen LogP contribution in [0.1, 0.15) is 25.5 Å². The van der Waals surface area contributed by atoms with Gasteiger partial charge in [-0.25, -0.2) is 22.8 Å². The van der Waals surface area contributed by atoms with Gasteiger partial charge in [0.2, 0.25) is 0 Å². The van der Waals surface area contributed by atoms with Gasteiger partial charge < -0.3 is 4.90 Å². The fourth-order valence-electron chi connectivity index (χ4n) is 3.36. The van der Waals surface area contributed by atoms with Crippen molar-refractivity contribution in [1.29, 1.82) is 0 Å². The van der Waals surface area contributed by atoms with Crippen LogP contribution in [-0.2, 0) is 16.3 Å². The van der Waals surface area contributed by atoms with E-state index in [2.05, 4.69) is 14.9 Å². The van der Waals surface area contributed by atoms with Gasteiger partial charge in [0.05, 0.1) is 16.7 Å². The van der Waals surface area contributed by atoms with Crippen molar-refractivity contribution >= 4 is 15.7 Å². The van der Waals surface area contributed by atoms with Gasteiger partial charge >= 0.3 is 0 Å². The van der Waals surface area contributed by atoms with Gasteiger partial charge in [-0.1, -0.05) is 6.92 Å². The Bertz CT molecular complexity index is 659. The molecule has 0 aliphatic carbocycles. The molecule has 1 unspecified atom stereocenters. The van der Waals surface area contributed by atoms with Crippen molar-refractivity contribution in [3.05, 3.63) is 17.8 Å². The highest BCUT2D eigenvalue weighted by atomic mass is 32.2. The van der Waals surface area contributed by atoms with E-state index in [1.54, 1.807) is 0 Å². The molecule has 0 saturated carbocycles. The van der Waals surface area contributed by atoms with Crippen LogP contribution in [0.25, 0.3) is 0 Å². The molecule has 0 bridgehead atoms. The number of anilines is 1. The minimum atomic E-state index is -2.90. The number of piperazine rings is 1. The largest absolute Gasteiger partial charge is 0.352 e. The molecule has 2 saturated heterocycles. The van der Waals surface area contributed by atoms with Gasteiger partial charge in [-0.3, -0.25) is 4.90 Å². The lowest BCUT2D eigenvalue weighted by atomic mass is 10.2. The molecule has 128 valence electrons. The summed E-state index contributed by atoms with van der Waals surface area (Å²) < 4.78 is 38.2. The predicted molar refractivity (Wildman–Crippen MR) is 86.8 cm³/mol. The lowest BCUT2D eigenvalue weighted by Crippen LogP contribution is -2.49. The normalized spacial score (nSPS) is 25.0. The number of hydrogen-bond acceptors (Lipinski definition) is 6. The van der Waals surface area contributed by atoms with Crippen LogP contribution < -0.4 is 4.90 Å². The van der Waals surface area contributed by atoms with Crippen LogP contribution in [0, 0.1) is 5.82 Å². The van der Waals surface area contributed by atoms with Crippen molar-refractivity contribution < 1.29 is 12.8 Å². The van der Waals surface area contributed by atoms with Crippen molar-refractivity contribution in [3.8, 4) is 0 Å². The standard InChI is InChI=1S/C15H23FN4O2S/c1-2-13-14(16)15(18-11-17-13)20-7-5-19(6-8-20)10-12-4-3-9-23(12,21)22/h11-12H,2-10H2,1H3. The van der Waals surface area contributed by atoms with Crippen LogP contribution in [0.5, 0.6) is 0 Å². The van der Waals surface area contributed by atoms with E-state index in [1.807, 2.05) is 11.8 Å². The summed E-state index contributed by atoms with van der Waals surface area (Å²) >= 11 is 0. The second kappa shape index (κ2) is 6.68. The molecule has 1 atom stereocenters. The van der Waals surface area contributed by atoms with Gasteiger partial charge in [-0.15, -0.1) is 0 Å². The van der Waals surface area contributed by atoms with E-state index in [0.29, 0.717) is 43.3 Å². The monoisotopic (exact) mass is 342 g/mol. The van der Waals surface area contributed by atoms with Crippen molar-refractivity contribution in [2.45, 2.75) is 31.4 Å². The average Bonchev–Trinajstić information content (AvgIpc) is 2.87. The van der Waals surface area contributed by atoms with Gasteiger partial charge in [0.1, 0.15) is 6.33 Å². The highest BCUT2D eigenvalue weighted by Crippen LogP contribution is 2.23. The second-order valence-corrected chi connectivity index (χ2v) is 8.63. The summed E-state index contributed by atoms with van der Waals surface area (Å²) in [6.45, 7) is 5.25. The maximum Gasteiger partial charge on any atom is 0.187 e.